The Bertz CT molecular complexity index is 835. The van der Waals surface area contributed by atoms with Crippen LogP contribution in [0, 0.1) is 6.92 Å². The number of halogens is 1. The lowest BCUT2D eigenvalue weighted by molar-refractivity contribution is 0.172. The highest BCUT2D eigenvalue weighted by atomic mass is 35.5. The van der Waals surface area contributed by atoms with Crippen LogP contribution in [0.4, 0.5) is 4.79 Å². The molecule has 1 aliphatic rings. The fourth-order valence-corrected chi connectivity index (χ4v) is 3.87. The highest BCUT2D eigenvalue weighted by Gasteiger charge is 2.22. The summed E-state index contributed by atoms with van der Waals surface area (Å²) in [5.74, 6) is 0.561. The molecule has 1 amide bonds. The van der Waals surface area contributed by atoms with Crippen molar-refractivity contribution in [2.24, 2.45) is 0 Å². The van der Waals surface area contributed by atoms with Gasteiger partial charge in [0, 0.05) is 33.1 Å². The zero-order valence-electron chi connectivity index (χ0n) is 16.7. The summed E-state index contributed by atoms with van der Waals surface area (Å²) < 4.78 is 11.3. The first-order valence-corrected chi connectivity index (χ1v) is 9.90. The molecule has 152 valence electrons. The largest absolute Gasteiger partial charge is 0.484 e. The van der Waals surface area contributed by atoms with Gasteiger partial charge in [0.1, 0.15) is 5.75 Å². The first-order chi connectivity index (χ1) is 12.9. The van der Waals surface area contributed by atoms with E-state index in [1.165, 1.54) is 16.0 Å². The molecule has 7 heteroatoms. The van der Waals surface area contributed by atoms with Crippen LogP contribution < -0.4 is 9.47 Å². The lowest BCUT2D eigenvalue weighted by Crippen LogP contribution is -2.26. The van der Waals surface area contributed by atoms with Crippen LogP contribution in [0.15, 0.2) is 35.7 Å². The molecule has 0 radical (unpaired) electrons. The zero-order chi connectivity index (χ0) is 19.4. The molecule has 1 aromatic heterocycles. The SMILES string of the molecule is Cc1csc(OCC[C@@H]2c3ccc(OC(=O)N(C)C)cc3C=CCN2C)c1.Cl. The van der Waals surface area contributed by atoms with Gasteiger partial charge in [0.25, 0.3) is 0 Å². The van der Waals surface area contributed by atoms with Gasteiger partial charge in [-0.1, -0.05) is 18.2 Å². The third-order valence-corrected chi connectivity index (χ3v) is 5.51. The number of nitrogens with zero attached hydrogens (tertiary/aromatic N) is 2. The first kappa shape index (κ1) is 22.3. The molecule has 0 spiro atoms. The van der Waals surface area contributed by atoms with Crippen LogP contribution in [-0.2, 0) is 0 Å². The third-order valence-electron chi connectivity index (χ3n) is 4.55. The number of benzene rings is 1. The van der Waals surface area contributed by atoms with E-state index in [1.807, 2.05) is 12.1 Å². The van der Waals surface area contributed by atoms with Crippen LogP contribution in [0.1, 0.15) is 29.2 Å². The molecule has 28 heavy (non-hydrogen) atoms. The number of rotatable bonds is 5. The van der Waals surface area contributed by atoms with E-state index in [-0.39, 0.29) is 24.5 Å². The number of carbonyl (C=O) groups excluding carboxylic acids is 1. The number of likely N-dealkylation sites (N-methyl/N-ethyl adjacent to an activating group) is 1. The molecule has 3 rings (SSSR count). The standard InChI is InChI=1S/C21H26N2O3S.ClH/c1-15-12-20(27-14-15)25-11-9-19-18-8-7-17(26-21(24)22(2)3)13-16(18)6-5-10-23(19)4;/h5-8,12-14,19H,9-11H2,1-4H3;1H/t19-;/m1./s1. The van der Waals surface area contributed by atoms with Crippen molar-refractivity contribution in [1.29, 1.82) is 0 Å². The average molecular weight is 423 g/mol. The third kappa shape index (κ3) is 5.50. The maximum absolute atomic E-state index is 11.8. The second-order valence-electron chi connectivity index (χ2n) is 6.99. The number of hydrogen-bond donors (Lipinski definition) is 0. The summed E-state index contributed by atoms with van der Waals surface area (Å²) in [4.78, 5) is 15.5. The maximum atomic E-state index is 11.8. The van der Waals surface area contributed by atoms with Gasteiger partial charge in [-0.15, -0.1) is 23.7 Å². The van der Waals surface area contributed by atoms with Crippen molar-refractivity contribution in [3.8, 4) is 10.8 Å². The Morgan fingerprint density at radius 2 is 2.11 bits per heavy atom. The molecular weight excluding hydrogens is 396 g/mol. The second kappa shape index (κ2) is 9.96. The Morgan fingerprint density at radius 1 is 1.32 bits per heavy atom. The summed E-state index contributed by atoms with van der Waals surface area (Å²) in [6, 6.07) is 8.17. The van der Waals surface area contributed by atoms with Crippen molar-refractivity contribution in [3.05, 3.63) is 52.4 Å². The minimum absolute atomic E-state index is 0. The molecule has 1 aromatic carbocycles. The summed E-state index contributed by atoms with van der Waals surface area (Å²) in [5.41, 5.74) is 3.54. The highest BCUT2D eigenvalue weighted by molar-refractivity contribution is 7.12. The molecule has 0 saturated carbocycles. The molecule has 0 N–H and O–H groups in total. The Kier molecular flexibility index (Phi) is 7.92. The fraction of sp³-hybridized carbons (Fsp3) is 0.381. The van der Waals surface area contributed by atoms with Gasteiger partial charge in [0.2, 0.25) is 0 Å². The van der Waals surface area contributed by atoms with Crippen LogP contribution in [-0.4, -0.2) is 50.2 Å². The number of aryl methyl sites for hydroxylation is 1. The lowest BCUT2D eigenvalue weighted by atomic mass is 9.97. The van der Waals surface area contributed by atoms with E-state index in [0.717, 1.165) is 23.6 Å². The van der Waals surface area contributed by atoms with E-state index < -0.39 is 0 Å². The van der Waals surface area contributed by atoms with Gasteiger partial charge in [-0.2, -0.15) is 0 Å². The molecule has 0 aliphatic carbocycles. The van der Waals surface area contributed by atoms with Crippen molar-refractivity contribution in [2.45, 2.75) is 19.4 Å². The van der Waals surface area contributed by atoms with Gasteiger partial charge in [-0.25, -0.2) is 4.79 Å². The predicted molar refractivity (Wildman–Crippen MR) is 117 cm³/mol. The van der Waals surface area contributed by atoms with E-state index in [9.17, 15) is 4.79 Å². The van der Waals surface area contributed by atoms with Crippen molar-refractivity contribution in [3.63, 3.8) is 0 Å². The first-order valence-electron chi connectivity index (χ1n) is 9.02. The number of carbonyl (C=O) groups is 1. The Labute approximate surface area is 177 Å². The molecule has 0 saturated heterocycles. The van der Waals surface area contributed by atoms with Gasteiger partial charge in [-0.3, -0.25) is 4.90 Å². The average Bonchev–Trinajstić information content (AvgIpc) is 2.97. The Balaban J connectivity index is 0.00000280. The van der Waals surface area contributed by atoms with E-state index in [0.29, 0.717) is 12.4 Å². The van der Waals surface area contributed by atoms with Crippen molar-refractivity contribution >= 4 is 35.9 Å². The van der Waals surface area contributed by atoms with Crippen LogP contribution in [0.5, 0.6) is 10.8 Å². The monoisotopic (exact) mass is 422 g/mol. The predicted octanol–water partition coefficient (Wildman–Crippen LogP) is 5.01. The summed E-state index contributed by atoms with van der Waals surface area (Å²) in [6.07, 6.45) is 4.75. The summed E-state index contributed by atoms with van der Waals surface area (Å²) in [7, 11) is 5.47. The summed E-state index contributed by atoms with van der Waals surface area (Å²) in [5, 5.41) is 3.07. The van der Waals surface area contributed by atoms with Crippen molar-refractivity contribution < 1.29 is 14.3 Å². The van der Waals surface area contributed by atoms with E-state index in [2.05, 4.69) is 48.5 Å². The van der Waals surface area contributed by atoms with Gasteiger partial charge < -0.3 is 14.4 Å². The van der Waals surface area contributed by atoms with Crippen LogP contribution >= 0.6 is 23.7 Å². The summed E-state index contributed by atoms with van der Waals surface area (Å²) in [6.45, 7) is 3.60. The van der Waals surface area contributed by atoms with E-state index in [4.69, 9.17) is 9.47 Å². The number of thiophene rings is 1. The van der Waals surface area contributed by atoms with Crippen LogP contribution in [0.2, 0.25) is 0 Å². The van der Waals surface area contributed by atoms with Gasteiger partial charge in [-0.05, 0) is 54.2 Å². The topological polar surface area (TPSA) is 42.0 Å². The smallest absolute Gasteiger partial charge is 0.414 e. The molecule has 2 aromatic rings. The Hall–Kier alpha value is -2.02. The molecule has 0 unspecified atom stereocenters. The van der Waals surface area contributed by atoms with E-state index in [1.54, 1.807) is 25.4 Å². The summed E-state index contributed by atoms with van der Waals surface area (Å²) >= 11 is 1.64. The number of hydrogen-bond acceptors (Lipinski definition) is 5. The quantitative estimate of drug-likeness (QED) is 0.679. The number of amides is 1. The second-order valence-corrected chi connectivity index (χ2v) is 7.86. The van der Waals surface area contributed by atoms with Gasteiger partial charge in [0.15, 0.2) is 5.06 Å². The fourth-order valence-electron chi connectivity index (χ4n) is 3.09. The van der Waals surface area contributed by atoms with Gasteiger partial charge >= 0.3 is 6.09 Å². The zero-order valence-corrected chi connectivity index (χ0v) is 18.3. The number of ether oxygens (including phenoxy) is 2. The minimum atomic E-state index is -0.374. The molecule has 1 atom stereocenters. The molecule has 2 heterocycles. The molecule has 1 aliphatic heterocycles. The highest BCUT2D eigenvalue weighted by Crippen LogP contribution is 2.33. The van der Waals surface area contributed by atoms with Crippen LogP contribution in [0.25, 0.3) is 6.08 Å². The normalized spacial score (nSPS) is 15.9. The maximum Gasteiger partial charge on any atom is 0.414 e. The number of fused-ring (bicyclic) bond motifs is 1. The minimum Gasteiger partial charge on any atom is -0.484 e. The Morgan fingerprint density at radius 3 is 2.79 bits per heavy atom. The van der Waals surface area contributed by atoms with Crippen LogP contribution in [0.3, 0.4) is 0 Å². The molecule has 5 nitrogen and oxygen atoms in total. The molecule has 0 fully saturated rings. The van der Waals surface area contributed by atoms with Crippen molar-refractivity contribution in [1.82, 2.24) is 9.80 Å². The molecule has 0 bridgehead atoms. The van der Waals surface area contributed by atoms with E-state index >= 15 is 0 Å². The van der Waals surface area contributed by atoms with Gasteiger partial charge in [0.05, 0.1) is 6.61 Å². The molecular formula is C21H27ClN2O3S. The van der Waals surface area contributed by atoms with Crippen molar-refractivity contribution in [2.75, 3.05) is 34.3 Å². The lowest BCUT2D eigenvalue weighted by Gasteiger charge is -2.27.